The van der Waals surface area contributed by atoms with E-state index in [-0.39, 0.29) is 24.5 Å². The predicted octanol–water partition coefficient (Wildman–Crippen LogP) is 0.159. The van der Waals surface area contributed by atoms with E-state index in [0.717, 1.165) is 0 Å². The van der Waals surface area contributed by atoms with Gasteiger partial charge in [-0.15, -0.1) is 0 Å². The molecule has 0 heterocycles. The Morgan fingerprint density at radius 2 is 2.08 bits per heavy atom. The van der Waals surface area contributed by atoms with E-state index >= 15 is 0 Å². The topological polar surface area (TPSA) is 61.5 Å². The summed E-state index contributed by atoms with van der Waals surface area (Å²) in [5.41, 5.74) is 5.35. The average Bonchev–Trinajstić information content (AvgIpc) is 2.04. The number of carbonyl (C=O) groups is 1. The molecular formula is C8H17NO3. The number of esters is 1. The second kappa shape index (κ2) is 5.97. The van der Waals surface area contributed by atoms with Crippen molar-refractivity contribution < 1.29 is 14.3 Å². The minimum Gasteiger partial charge on any atom is -0.469 e. The molecule has 1 atom stereocenters. The van der Waals surface area contributed by atoms with Gasteiger partial charge in [-0.1, -0.05) is 0 Å². The molecule has 1 unspecified atom stereocenters. The van der Waals surface area contributed by atoms with Gasteiger partial charge in [-0.05, 0) is 13.8 Å². The summed E-state index contributed by atoms with van der Waals surface area (Å²) in [4.78, 5) is 11.0. The Morgan fingerprint density at radius 1 is 1.50 bits per heavy atom. The molecule has 0 aromatic heterocycles. The minimum atomic E-state index is -0.336. The lowest BCUT2D eigenvalue weighted by Gasteiger charge is -2.14. The zero-order chi connectivity index (χ0) is 9.56. The molecule has 0 aromatic carbocycles. The van der Waals surface area contributed by atoms with Crippen LogP contribution in [0.25, 0.3) is 0 Å². The summed E-state index contributed by atoms with van der Waals surface area (Å²) < 4.78 is 9.77. The van der Waals surface area contributed by atoms with Crippen LogP contribution < -0.4 is 5.73 Å². The molecule has 0 aliphatic carbocycles. The molecule has 0 rings (SSSR count). The van der Waals surface area contributed by atoms with Gasteiger partial charge in [0.05, 0.1) is 25.7 Å². The quantitative estimate of drug-likeness (QED) is 0.604. The maximum absolute atomic E-state index is 11.0. The Kier molecular flexibility index (Phi) is 5.66. The zero-order valence-corrected chi connectivity index (χ0v) is 7.87. The van der Waals surface area contributed by atoms with Crippen LogP contribution >= 0.6 is 0 Å². The fourth-order valence-electron chi connectivity index (χ4n) is 0.708. The number of carbonyl (C=O) groups excluding carboxylic acids is 1. The summed E-state index contributed by atoms with van der Waals surface area (Å²) in [7, 11) is 1.35. The molecule has 0 saturated carbocycles. The molecule has 4 heteroatoms. The van der Waals surface area contributed by atoms with Crippen molar-refractivity contribution in [2.75, 3.05) is 20.3 Å². The van der Waals surface area contributed by atoms with Gasteiger partial charge in [0, 0.05) is 6.54 Å². The minimum absolute atomic E-state index is 0.115. The zero-order valence-electron chi connectivity index (χ0n) is 7.87. The fourth-order valence-corrected chi connectivity index (χ4v) is 0.708. The third-order valence-electron chi connectivity index (χ3n) is 1.45. The van der Waals surface area contributed by atoms with Crippen molar-refractivity contribution in [2.45, 2.75) is 20.0 Å². The molecule has 0 fully saturated rings. The van der Waals surface area contributed by atoms with Crippen LogP contribution in [-0.4, -0.2) is 32.3 Å². The number of ether oxygens (including phenoxy) is 2. The van der Waals surface area contributed by atoms with Crippen molar-refractivity contribution in [3.05, 3.63) is 0 Å². The summed E-state index contributed by atoms with van der Waals surface area (Å²) in [6.07, 6.45) is 0.115. The number of rotatable bonds is 5. The molecule has 72 valence electrons. The smallest absolute Gasteiger partial charge is 0.312 e. The average molecular weight is 175 g/mol. The highest BCUT2D eigenvalue weighted by atomic mass is 16.5. The van der Waals surface area contributed by atoms with E-state index in [2.05, 4.69) is 4.74 Å². The van der Waals surface area contributed by atoms with Crippen molar-refractivity contribution >= 4 is 5.97 Å². The Labute approximate surface area is 73.0 Å². The standard InChI is InChI=1S/C8H17NO3/c1-6(2)12-5-7(4-9)8(10)11-3/h6-7H,4-5,9H2,1-3H3. The first-order valence-corrected chi connectivity index (χ1v) is 4.01. The molecule has 0 aromatic rings. The van der Waals surface area contributed by atoms with Crippen LogP contribution in [0, 0.1) is 5.92 Å². The highest BCUT2D eigenvalue weighted by molar-refractivity contribution is 5.72. The normalized spacial score (nSPS) is 13.1. The molecule has 0 saturated heterocycles. The molecule has 2 N–H and O–H groups in total. The maximum Gasteiger partial charge on any atom is 0.312 e. The lowest BCUT2D eigenvalue weighted by Crippen LogP contribution is -2.30. The number of hydrogen-bond donors (Lipinski definition) is 1. The number of nitrogens with two attached hydrogens (primary N) is 1. The molecule has 0 aliphatic heterocycles. The Morgan fingerprint density at radius 3 is 2.42 bits per heavy atom. The third kappa shape index (κ3) is 4.31. The molecule has 0 radical (unpaired) electrons. The van der Waals surface area contributed by atoms with E-state index in [0.29, 0.717) is 6.61 Å². The first-order valence-electron chi connectivity index (χ1n) is 4.01. The van der Waals surface area contributed by atoms with E-state index in [1.807, 2.05) is 13.8 Å². The monoisotopic (exact) mass is 175 g/mol. The van der Waals surface area contributed by atoms with Crippen LogP contribution in [0.1, 0.15) is 13.8 Å². The largest absolute Gasteiger partial charge is 0.469 e. The van der Waals surface area contributed by atoms with Crippen LogP contribution in [0.2, 0.25) is 0 Å². The van der Waals surface area contributed by atoms with Gasteiger partial charge in [0.2, 0.25) is 0 Å². The highest BCUT2D eigenvalue weighted by Gasteiger charge is 2.17. The van der Waals surface area contributed by atoms with E-state index in [9.17, 15) is 4.79 Å². The summed E-state index contributed by atoms with van der Waals surface area (Å²) in [6.45, 7) is 4.41. The van der Waals surface area contributed by atoms with Gasteiger partial charge in [0.15, 0.2) is 0 Å². The van der Waals surface area contributed by atoms with Gasteiger partial charge in [-0.3, -0.25) is 4.79 Å². The summed E-state index contributed by atoms with van der Waals surface area (Å²) >= 11 is 0. The lowest BCUT2D eigenvalue weighted by atomic mass is 10.2. The lowest BCUT2D eigenvalue weighted by molar-refractivity contribution is -0.147. The van der Waals surface area contributed by atoms with Crippen molar-refractivity contribution in [3.63, 3.8) is 0 Å². The highest BCUT2D eigenvalue weighted by Crippen LogP contribution is 2.00. The van der Waals surface area contributed by atoms with Gasteiger partial charge >= 0.3 is 5.97 Å². The Hall–Kier alpha value is -0.610. The van der Waals surface area contributed by atoms with E-state index in [1.54, 1.807) is 0 Å². The van der Waals surface area contributed by atoms with Crippen molar-refractivity contribution in [3.8, 4) is 0 Å². The third-order valence-corrected chi connectivity index (χ3v) is 1.45. The van der Waals surface area contributed by atoms with Crippen molar-refractivity contribution in [1.82, 2.24) is 0 Å². The number of hydrogen-bond acceptors (Lipinski definition) is 4. The molecule has 0 amide bonds. The second-order valence-corrected chi connectivity index (χ2v) is 2.84. The Bertz CT molecular complexity index is 136. The van der Waals surface area contributed by atoms with Crippen LogP contribution in [-0.2, 0) is 14.3 Å². The molecule has 0 bridgehead atoms. The first-order chi connectivity index (χ1) is 5.61. The van der Waals surface area contributed by atoms with Crippen LogP contribution in [0.5, 0.6) is 0 Å². The van der Waals surface area contributed by atoms with Crippen molar-refractivity contribution in [1.29, 1.82) is 0 Å². The molecule has 0 spiro atoms. The molecule has 0 aliphatic rings. The summed E-state index contributed by atoms with van der Waals surface area (Å²) in [5.74, 6) is -0.643. The summed E-state index contributed by atoms with van der Waals surface area (Å²) in [6, 6.07) is 0. The Balaban J connectivity index is 3.75. The fraction of sp³-hybridized carbons (Fsp3) is 0.875. The van der Waals surface area contributed by atoms with E-state index < -0.39 is 0 Å². The van der Waals surface area contributed by atoms with Gasteiger partial charge in [0.25, 0.3) is 0 Å². The molecular weight excluding hydrogens is 158 g/mol. The van der Waals surface area contributed by atoms with Gasteiger partial charge in [0.1, 0.15) is 0 Å². The van der Waals surface area contributed by atoms with Crippen LogP contribution in [0.4, 0.5) is 0 Å². The second-order valence-electron chi connectivity index (χ2n) is 2.84. The van der Waals surface area contributed by atoms with Gasteiger partial charge < -0.3 is 15.2 Å². The van der Waals surface area contributed by atoms with Gasteiger partial charge in [-0.25, -0.2) is 0 Å². The van der Waals surface area contributed by atoms with Crippen LogP contribution in [0.15, 0.2) is 0 Å². The SMILES string of the molecule is COC(=O)C(CN)COC(C)C. The van der Waals surface area contributed by atoms with Crippen molar-refractivity contribution in [2.24, 2.45) is 11.7 Å². The van der Waals surface area contributed by atoms with Gasteiger partial charge in [-0.2, -0.15) is 0 Å². The van der Waals surface area contributed by atoms with E-state index in [1.165, 1.54) is 7.11 Å². The predicted molar refractivity (Wildman–Crippen MR) is 45.6 cm³/mol. The first kappa shape index (κ1) is 11.4. The maximum atomic E-state index is 11.0. The van der Waals surface area contributed by atoms with E-state index in [4.69, 9.17) is 10.5 Å². The van der Waals surface area contributed by atoms with Crippen LogP contribution in [0.3, 0.4) is 0 Å². The molecule has 12 heavy (non-hydrogen) atoms. The molecule has 4 nitrogen and oxygen atoms in total. The summed E-state index contributed by atoms with van der Waals surface area (Å²) in [5, 5.41) is 0. The number of methoxy groups -OCH3 is 1.